The molecular weight excluding hydrogens is 404 g/mol. The Morgan fingerprint density at radius 3 is 2.62 bits per heavy atom. The Kier molecular flexibility index (Phi) is 8.87. The number of piperidine rings is 1. The Bertz CT molecular complexity index is 734. The van der Waals surface area contributed by atoms with Crippen LogP contribution in [0.2, 0.25) is 0 Å². The summed E-state index contributed by atoms with van der Waals surface area (Å²) >= 11 is 1.96. The van der Waals surface area contributed by atoms with Gasteiger partial charge in [0.2, 0.25) is 15.9 Å². The second kappa shape index (κ2) is 11.4. The zero-order valence-electron chi connectivity index (χ0n) is 17.2. The van der Waals surface area contributed by atoms with Crippen molar-refractivity contribution in [3.05, 3.63) is 35.9 Å². The van der Waals surface area contributed by atoms with E-state index in [0.29, 0.717) is 26.1 Å². The van der Waals surface area contributed by atoms with Crippen LogP contribution in [0.25, 0.3) is 0 Å². The summed E-state index contributed by atoms with van der Waals surface area (Å²) in [5.41, 5.74) is 1.16. The van der Waals surface area contributed by atoms with Gasteiger partial charge in [0.25, 0.3) is 0 Å². The molecule has 162 valence electrons. The number of hydrogen-bond acceptors (Lipinski definition) is 4. The third-order valence-corrected chi connectivity index (χ3v) is 9.22. The molecular formula is C22H34N2O3S2. The largest absolute Gasteiger partial charge is 0.355 e. The van der Waals surface area contributed by atoms with Crippen LogP contribution in [0.1, 0.15) is 50.5 Å². The number of hydrogen-bond donors (Lipinski definition) is 1. The maximum absolute atomic E-state index is 12.7. The van der Waals surface area contributed by atoms with E-state index in [2.05, 4.69) is 5.32 Å². The predicted octanol–water partition coefficient (Wildman–Crippen LogP) is 3.45. The summed E-state index contributed by atoms with van der Waals surface area (Å²) in [5.74, 6) is 0.893. The highest BCUT2D eigenvalue weighted by Gasteiger charge is 2.31. The van der Waals surface area contributed by atoms with Gasteiger partial charge >= 0.3 is 0 Å². The second-order valence-corrected chi connectivity index (χ2v) is 11.7. The first kappa shape index (κ1) is 22.6. The average molecular weight is 439 g/mol. The number of benzene rings is 1. The van der Waals surface area contributed by atoms with Crippen molar-refractivity contribution < 1.29 is 13.2 Å². The molecule has 3 rings (SSSR count). The molecule has 29 heavy (non-hydrogen) atoms. The van der Waals surface area contributed by atoms with Crippen molar-refractivity contribution in [1.82, 2.24) is 9.62 Å². The number of carbonyl (C=O) groups is 1. The van der Waals surface area contributed by atoms with Crippen LogP contribution in [-0.4, -0.2) is 55.0 Å². The first-order valence-corrected chi connectivity index (χ1v) is 13.6. The zero-order chi connectivity index (χ0) is 20.5. The van der Waals surface area contributed by atoms with Crippen LogP contribution in [0.15, 0.2) is 30.3 Å². The molecule has 1 amide bonds. The fourth-order valence-corrected chi connectivity index (χ4v) is 7.04. The molecule has 0 radical (unpaired) electrons. The van der Waals surface area contributed by atoms with E-state index in [-0.39, 0.29) is 17.6 Å². The Labute approximate surface area is 180 Å². The monoisotopic (exact) mass is 438 g/mol. The third kappa shape index (κ3) is 7.30. The first-order valence-electron chi connectivity index (χ1n) is 11.0. The third-order valence-electron chi connectivity index (χ3n) is 5.92. The minimum absolute atomic E-state index is 0.0150. The number of amides is 1. The van der Waals surface area contributed by atoms with Gasteiger partial charge in [-0.2, -0.15) is 11.8 Å². The van der Waals surface area contributed by atoms with Crippen LogP contribution < -0.4 is 5.32 Å². The first-order chi connectivity index (χ1) is 14.0. The van der Waals surface area contributed by atoms with Gasteiger partial charge in [-0.1, -0.05) is 43.2 Å². The van der Waals surface area contributed by atoms with Gasteiger partial charge in [0.05, 0.1) is 11.7 Å². The fraction of sp³-hybridized carbons (Fsp3) is 0.682. The van der Waals surface area contributed by atoms with Gasteiger partial charge in [-0.15, -0.1) is 0 Å². The van der Waals surface area contributed by atoms with E-state index in [0.717, 1.165) is 35.8 Å². The number of nitrogens with zero attached hydrogens (tertiary/aromatic N) is 1. The van der Waals surface area contributed by atoms with E-state index < -0.39 is 10.0 Å². The Balaban J connectivity index is 1.39. The summed E-state index contributed by atoms with van der Waals surface area (Å²) in [4.78, 5) is 12.5. The highest BCUT2D eigenvalue weighted by molar-refractivity contribution is 7.99. The molecule has 0 bridgehead atoms. The summed E-state index contributed by atoms with van der Waals surface area (Å²) < 4.78 is 27.0. The van der Waals surface area contributed by atoms with Gasteiger partial charge < -0.3 is 5.32 Å². The van der Waals surface area contributed by atoms with Gasteiger partial charge in [0.15, 0.2) is 0 Å². The Morgan fingerprint density at radius 1 is 1.10 bits per heavy atom. The van der Waals surface area contributed by atoms with Crippen LogP contribution >= 0.6 is 11.8 Å². The molecule has 1 heterocycles. The van der Waals surface area contributed by atoms with Gasteiger partial charge in [-0.05, 0) is 44.1 Å². The van der Waals surface area contributed by atoms with E-state index in [1.54, 1.807) is 4.31 Å². The van der Waals surface area contributed by atoms with Crippen LogP contribution in [-0.2, 0) is 21.2 Å². The molecule has 0 spiro atoms. The van der Waals surface area contributed by atoms with Crippen molar-refractivity contribution in [3.63, 3.8) is 0 Å². The molecule has 1 saturated heterocycles. The van der Waals surface area contributed by atoms with E-state index in [1.165, 1.54) is 25.7 Å². The van der Waals surface area contributed by atoms with Crippen LogP contribution in [0, 0.1) is 5.92 Å². The van der Waals surface area contributed by atoms with E-state index in [1.807, 2.05) is 42.1 Å². The van der Waals surface area contributed by atoms with Crippen molar-refractivity contribution in [2.24, 2.45) is 5.92 Å². The van der Waals surface area contributed by atoms with Crippen molar-refractivity contribution in [3.8, 4) is 0 Å². The number of thioether (sulfide) groups is 1. The lowest BCUT2D eigenvalue weighted by Gasteiger charge is -2.31. The molecule has 1 aliphatic heterocycles. The van der Waals surface area contributed by atoms with Gasteiger partial charge in [0, 0.05) is 30.6 Å². The maximum Gasteiger partial charge on any atom is 0.224 e. The summed E-state index contributed by atoms with van der Waals surface area (Å²) in [6.45, 7) is 1.55. The predicted molar refractivity (Wildman–Crippen MR) is 121 cm³/mol. The lowest BCUT2D eigenvalue weighted by Crippen LogP contribution is -2.46. The van der Waals surface area contributed by atoms with Gasteiger partial charge in [-0.3, -0.25) is 4.79 Å². The van der Waals surface area contributed by atoms with Crippen LogP contribution in [0.4, 0.5) is 0 Å². The fourth-order valence-electron chi connectivity index (χ4n) is 4.24. The number of nitrogens with one attached hydrogen (secondary N) is 1. The van der Waals surface area contributed by atoms with Gasteiger partial charge in [0.1, 0.15) is 0 Å². The molecule has 5 nitrogen and oxygen atoms in total. The average Bonchev–Trinajstić information content (AvgIpc) is 3.25. The van der Waals surface area contributed by atoms with E-state index in [4.69, 9.17) is 0 Å². The molecule has 1 aromatic carbocycles. The Hall–Kier alpha value is -1.05. The SMILES string of the molecule is O=C(NCCSC1CCCC1)C1CCCN(S(=O)(=O)CCCc2ccccc2)C1. The summed E-state index contributed by atoms with van der Waals surface area (Å²) in [6.07, 6.45) is 8.18. The summed E-state index contributed by atoms with van der Waals surface area (Å²) in [7, 11) is -3.31. The number of aryl methyl sites for hydroxylation is 1. The summed E-state index contributed by atoms with van der Waals surface area (Å²) in [5, 5.41) is 3.79. The van der Waals surface area contributed by atoms with Crippen molar-refractivity contribution in [1.29, 1.82) is 0 Å². The highest BCUT2D eigenvalue weighted by atomic mass is 32.2. The molecule has 2 fully saturated rings. The summed E-state index contributed by atoms with van der Waals surface area (Å²) in [6, 6.07) is 9.97. The Morgan fingerprint density at radius 2 is 1.86 bits per heavy atom. The smallest absolute Gasteiger partial charge is 0.224 e. The van der Waals surface area contributed by atoms with Crippen molar-refractivity contribution in [2.45, 2.75) is 56.6 Å². The quantitative estimate of drug-likeness (QED) is 0.568. The molecule has 1 unspecified atom stereocenters. The maximum atomic E-state index is 12.7. The van der Waals surface area contributed by atoms with Crippen LogP contribution in [0.3, 0.4) is 0 Å². The van der Waals surface area contributed by atoms with E-state index >= 15 is 0 Å². The molecule has 7 heteroatoms. The van der Waals surface area contributed by atoms with Gasteiger partial charge in [-0.25, -0.2) is 12.7 Å². The minimum atomic E-state index is -3.31. The second-order valence-electron chi connectivity index (χ2n) is 8.17. The molecule has 2 aliphatic rings. The zero-order valence-corrected chi connectivity index (χ0v) is 18.9. The lowest BCUT2D eigenvalue weighted by molar-refractivity contribution is -0.125. The number of carbonyl (C=O) groups excluding carboxylic acids is 1. The molecule has 0 aromatic heterocycles. The number of sulfonamides is 1. The van der Waals surface area contributed by atoms with Crippen LogP contribution in [0.5, 0.6) is 0 Å². The highest BCUT2D eigenvalue weighted by Crippen LogP contribution is 2.29. The topological polar surface area (TPSA) is 66.5 Å². The molecule has 1 saturated carbocycles. The van der Waals surface area contributed by atoms with Crippen molar-refractivity contribution in [2.75, 3.05) is 31.1 Å². The minimum Gasteiger partial charge on any atom is -0.355 e. The molecule has 1 N–H and O–H groups in total. The van der Waals surface area contributed by atoms with Crippen molar-refractivity contribution >= 4 is 27.7 Å². The molecule has 1 aromatic rings. The number of rotatable bonds is 10. The lowest BCUT2D eigenvalue weighted by atomic mass is 9.99. The standard InChI is InChI=1S/C22H34N2O3S2/c25-22(23-14-16-28-21-12-4-5-13-21)20-11-6-15-24(18-20)29(26,27)17-7-10-19-8-2-1-3-9-19/h1-3,8-9,20-21H,4-7,10-18H2,(H,23,25). The molecule has 1 aliphatic carbocycles. The molecule has 1 atom stereocenters. The van der Waals surface area contributed by atoms with E-state index in [9.17, 15) is 13.2 Å². The normalized spacial score (nSPS) is 21.3.